The Labute approximate surface area is 161 Å². The molecule has 0 aliphatic heterocycles. The molecule has 0 saturated carbocycles. The number of nitrogens with zero attached hydrogens (tertiary/aromatic N) is 2. The predicted octanol–water partition coefficient (Wildman–Crippen LogP) is 1.95. The van der Waals surface area contributed by atoms with Gasteiger partial charge in [0.1, 0.15) is 12.4 Å². The molecule has 0 fully saturated rings. The molecule has 9 heteroatoms. The zero-order valence-corrected chi connectivity index (χ0v) is 17.2. The Morgan fingerprint density at radius 2 is 1.96 bits per heavy atom. The van der Waals surface area contributed by atoms with E-state index in [2.05, 4.69) is 15.0 Å². The van der Waals surface area contributed by atoms with Crippen LogP contribution in [-0.4, -0.2) is 64.9 Å². The van der Waals surface area contributed by atoms with Crippen LogP contribution in [0.5, 0.6) is 5.75 Å². The maximum Gasteiger partial charge on any atom is 0.211 e. The molecule has 0 unspecified atom stereocenters. The normalized spacial score (nSPS) is 12.1. The van der Waals surface area contributed by atoms with E-state index in [4.69, 9.17) is 16.3 Å². The van der Waals surface area contributed by atoms with Crippen LogP contribution < -0.4 is 14.8 Å². The third kappa shape index (κ3) is 9.26. The van der Waals surface area contributed by atoms with Gasteiger partial charge in [-0.3, -0.25) is 4.99 Å². The molecule has 1 aromatic rings. The summed E-state index contributed by atoms with van der Waals surface area (Å²) in [6.45, 7) is 6.48. The average Bonchev–Trinajstić information content (AvgIpc) is 2.62. The van der Waals surface area contributed by atoms with Gasteiger partial charge in [0, 0.05) is 31.7 Å². The van der Waals surface area contributed by atoms with Gasteiger partial charge in [-0.2, -0.15) is 0 Å². The smallest absolute Gasteiger partial charge is 0.211 e. The lowest BCUT2D eigenvalue weighted by Gasteiger charge is -2.22. The van der Waals surface area contributed by atoms with Crippen LogP contribution in [0.2, 0.25) is 5.02 Å². The summed E-state index contributed by atoms with van der Waals surface area (Å²) in [7, 11) is -1.20. The number of ether oxygens (including phenoxy) is 1. The Hall–Kier alpha value is -1.51. The summed E-state index contributed by atoms with van der Waals surface area (Å²) in [5, 5.41) is 3.90. The highest BCUT2D eigenvalue weighted by atomic mass is 35.5. The minimum Gasteiger partial charge on any atom is -0.492 e. The maximum atomic E-state index is 11.4. The minimum atomic E-state index is -3.14. The van der Waals surface area contributed by atoms with Crippen molar-refractivity contribution >= 4 is 27.6 Å². The molecule has 0 aliphatic carbocycles. The highest BCUT2D eigenvalue weighted by molar-refractivity contribution is 7.89. The van der Waals surface area contributed by atoms with Gasteiger partial charge in [0.15, 0.2) is 5.96 Å². The van der Waals surface area contributed by atoms with Crippen molar-refractivity contribution in [3.63, 3.8) is 0 Å². The van der Waals surface area contributed by atoms with Crippen molar-refractivity contribution in [3.05, 3.63) is 29.3 Å². The first-order valence-electron chi connectivity index (χ1n) is 8.73. The van der Waals surface area contributed by atoms with Crippen LogP contribution >= 0.6 is 11.6 Å². The summed E-state index contributed by atoms with van der Waals surface area (Å²) in [5.41, 5.74) is 0. The van der Waals surface area contributed by atoms with Crippen molar-refractivity contribution in [1.29, 1.82) is 0 Å². The van der Waals surface area contributed by atoms with Crippen LogP contribution in [0.1, 0.15) is 20.3 Å². The predicted molar refractivity (Wildman–Crippen MR) is 108 cm³/mol. The van der Waals surface area contributed by atoms with Crippen molar-refractivity contribution in [3.8, 4) is 5.75 Å². The van der Waals surface area contributed by atoms with E-state index in [9.17, 15) is 8.42 Å². The first-order chi connectivity index (χ1) is 12.4. The van der Waals surface area contributed by atoms with Crippen LogP contribution in [0, 0.1) is 0 Å². The summed E-state index contributed by atoms with van der Waals surface area (Å²) >= 11 is 5.85. The Morgan fingerprint density at radius 1 is 1.27 bits per heavy atom. The van der Waals surface area contributed by atoms with E-state index in [1.807, 2.05) is 31.0 Å². The Kier molecular flexibility index (Phi) is 10.4. The van der Waals surface area contributed by atoms with Crippen molar-refractivity contribution < 1.29 is 13.2 Å². The molecule has 7 nitrogen and oxygen atoms in total. The molecule has 0 atom stereocenters. The third-order valence-electron chi connectivity index (χ3n) is 3.50. The summed E-state index contributed by atoms with van der Waals surface area (Å²) in [5.74, 6) is 1.63. The zero-order chi connectivity index (χ0) is 19.4. The number of hydrogen-bond acceptors (Lipinski definition) is 4. The first-order valence-corrected chi connectivity index (χ1v) is 10.8. The highest BCUT2D eigenvalue weighted by Crippen LogP contribution is 2.15. The van der Waals surface area contributed by atoms with Crippen LogP contribution in [0.25, 0.3) is 0 Å². The summed E-state index contributed by atoms with van der Waals surface area (Å²) in [4.78, 5) is 6.50. The SMILES string of the molecule is CCNC(=NCCCNS(=O)(=O)CC)N(C)CCOc1ccc(Cl)cc1. The lowest BCUT2D eigenvalue weighted by molar-refractivity contribution is 0.281. The largest absolute Gasteiger partial charge is 0.492 e. The van der Waals surface area contributed by atoms with Gasteiger partial charge >= 0.3 is 0 Å². The molecule has 2 N–H and O–H groups in total. The topological polar surface area (TPSA) is 83.0 Å². The van der Waals surface area contributed by atoms with E-state index in [0.29, 0.717) is 37.7 Å². The van der Waals surface area contributed by atoms with Crippen LogP contribution in [0.4, 0.5) is 0 Å². The zero-order valence-electron chi connectivity index (χ0n) is 15.7. The number of halogens is 1. The van der Waals surface area contributed by atoms with Gasteiger partial charge in [0.2, 0.25) is 10.0 Å². The molecule has 0 aromatic heterocycles. The summed E-state index contributed by atoms with van der Waals surface area (Å²) < 4.78 is 31.0. The lowest BCUT2D eigenvalue weighted by atomic mass is 10.3. The van der Waals surface area contributed by atoms with Gasteiger partial charge in [-0.05, 0) is 44.5 Å². The molecule has 0 spiro atoms. The van der Waals surface area contributed by atoms with E-state index < -0.39 is 10.0 Å². The lowest BCUT2D eigenvalue weighted by Crippen LogP contribution is -2.41. The maximum absolute atomic E-state index is 11.4. The summed E-state index contributed by atoms with van der Waals surface area (Å²) in [6.07, 6.45) is 0.642. The van der Waals surface area contributed by atoms with Gasteiger partial charge < -0.3 is 15.0 Å². The quantitative estimate of drug-likeness (QED) is 0.334. The Balaban J connectivity index is 2.39. The number of hydrogen-bond donors (Lipinski definition) is 2. The van der Waals surface area contributed by atoms with E-state index in [-0.39, 0.29) is 5.75 Å². The molecule has 148 valence electrons. The summed E-state index contributed by atoms with van der Waals surface area (Å²) in [6, 6.07) is 7.25. The standard InChI is InChI=1S/C17H29ClN4O3S/c1-4-19-17(20-11-6-12-21-26(23,24)5-2)22(3)13-14-25-16-9-7-15(18)8-10-16/h7-10,21H,4-6,11-14H2,1-3H3,(H,19,20). The number of sulfonamides is 1. The molecule has 0 saturated heterocycles. The monoisotopic (exact) mass is 404 g/mol. The second-order valence-electron chi connectivity index (χ2n) is 5.61. The second-order valence-corrected chi connectivity index (χ2v) is 8.14. The highest BCUT2D eigenvalue weighted by Gasteiger charge is 2.07. The number of aliphatic imine (C=N–C) groups is 1. The van der Waals surface area contributed by atoms with E-state index in [1.165, 1.54) is 0 Å². The molecule has 0 amide bonds. The molecule has 0 radical (unpaired) electrons. The van der Waals surface area contributed by atoms with Crippen molar-refractivity contribution in [1.82, 2.24) is 14.9 Å². The molecule has 0 aliphatic rings. The van der Waals surface area contributed by atoms with Gasteiger partial charge in [-0.1, -0.05) is 11.6 Å². The van der Waals surface area contributed by atoms with Crippen LogP contribution in [0.3, 0.4) is 0 Å². The van der Waals surface area contributed by atoms with Crippen molar-refractivity contribution in [2.45, 2.75) is 20.3 Å². The average molecular weight is 405 g/mol. The fraction of sp³-hybridized carbons (Fsp3) is 0.588. The fourth-order valence-electron chi connectivity index (χ4n) is 2.00. The van der Waals surface area contributed by atoms with E-state index in [1.54, 1.807) is 19.1 Å². The number of guanidine groups is 1. The third-order valence-corrected chi connectivity index (χ3v) is 5.16. The fourth-order valence-corrected chi connectivity index (χ4v) is 2.79. The number of benzene rings is 1. The molecule has 0 bridgehead atoms. The number of nitrogens with one attached hydrogen (secondary N) is 2. The van der Waals surface area contributed by atoms with Crippen molar-refractivity contribution in [2.24, 2.45) is 4.99 Å². The Bertz CT molecular complexity index is 650. The van der Waals surface area contributed by atoms with Crippen molar-refractivity contribution in [2.75, 3.05) is 45.6 Å². The molecule has 0 heterocycles. The van der Waals surface area contributed by atoms with Gasteiger partial charge in [-0.25, -0.2) is 13.1 Å². The molecular weight excluding hydrogens is 376 g/mol. The molecule has 1 rings (SSSR count). The number of rotatable bonds is 11. The number of likely N-dealkylation sites (N-methyl/N-ethyl adjacent to an activating group) is 1. The molecule has 26 heavy (non-hydrogen) atoms. The van der Waals surface area contributed by atoms with E-state index in [0.717, 1.165) is 18.3 Å². The van der Waals surface area contributed by atoms with Gasteiger partial charge in [0.05, 0.1) is 12.3 Å². The Morgan fingerprint density at radius 3 is 2.58 bits per heavy atom. The van der Waals surface area contributed by atoms with Gasteiger partial charge in [0.25, 0.3) is 0 Å². The van der Waals surface area contributed by atoms with Crippen LogP contribution in [-0.2, 0) is 10.0 Å². The molecule has 1 aromatic carbocycles. The first kappa shape index (κ1) is 22.5. The van der Waals surface area contributed by atoms with Gasteiger partial charge in [-0.15, -0.1) is 0 Å². The minimum absolute atomic E-state index is 0.0925. The van der Waals surface area contributed by atoms with E-state index >= 15 is 0 Å². The van der Waals surface area contributed by atoms with Crippen LogP contribution in [0.15, 0.2) is 29.3 Å². The molecular formula is C17H29ClN4O3S. The second kappa shape index (κ2) is 12.0.